The van der Waals surface area contributed by atoms with Crippen LogP contribution in [0.25, 0.3) is 0 Å². The highest BCUT2D eigenvalue weighted by Gasteiger charge is 2.37. The predicted molar refractivity (Wildman–Crippen MR) is 73.4 cm³/mol. The molecule has 1 heterocycles. The molecule has 4 heteroatoms. The average Bonchev–Trinajstić information content (AvgIpc) is 2.39. The highest BCUT2D eigenvalue weighted by Crippen LogP contribution is 2.32. The predicted octanol–water partition coefficient (Wildman–Crippen LogP) is 1.66. The standard InChI is InChI=1S/C15H20N2O2/c1-12(18)16-15(14-6-4-3-5-7-14)8-10-17(11-9-15)13(2)19/h3-7H,8-11H2,1-2H3,(H,16,18). The molecule has 1 aromatic carbocycles. The Kier molecular flexibility index (Phi) is 3.88. The van der Waals surface area contributed by atoms with Crippen molar-refractivity contribution in [3.8, 4) is 0 Å². The Bertz CT molecular complexity index is 462. The fraction of sp³-hybridized carbons (Fsp3) is 0.467. The second-order valence-electron chi connectivity index (χ2n) is 5.14. The Hall–Kier alpha value is -1.84. The zero-order valence-electron chi connectivity index (χ0n) is 11.5. The molecule has 1 aromatic rings. The third-order valence-corrected chi connectivity index (χ3v) is 3.80. The maximum absolute atomic E-state index is 11.5. The van der Waals surface area contributed by atoms with Gasteiger partial charge in [0, 0.05) is 26.9 Å². The number of likely N-dealkylation sites (tertiary alicyclic amines) is 1. The van der Waals surface area contributed by atoms with Crippen molar-refractivity contribution < 1.29 is 9.59 Å². The van der Waals surface area contributed by atoms with Crippen molar-refractivity contribution in [3.05, 3.63) is 35.9 Å². The molecule has 102 valence electrons. The number of amides is 2. The molecule has 0 unspecified atom stereocenters. The van der Waals surface area contributed by atoms with Crippen LogP contribution in [-0.2, 0) is 15.1 Å². The summed E-state index contributed by atoms with van der Waals surface area (Å²) in [5.41, 5.74) is 0.785. The minimum absolute atomic E-state index is 0.0277. The van der Waals surface area contributed by atoms with Crippen molar-refractivity contribution in [2.24, 2.45) is 0 Å². The van der Waals surface area contributed by atoms with Gasteiger partial charge in [-0.15, -0.1) is 0 Å². The van der Waals surface area contributed by atoms with E-state index in [-0.39, 0.29) is 17.4 Å². The third-order valence-electron chi connectivity index (χ3n) is 3.80. The van der Waals surface area contributed by atoms with Gasteiger partial charge in [0.2, 0.25) is 11.8 Å². The fourth-order valence-electron chi connectivity index (χ4n) is 2.78. The van der Waals surface area contributed by atoms with Gasteiger partial charge in [0.1, 0.15) is 0 Å². The maximum Gasteiger partial charge on any atom is 0.219 e. The number of carbonyl (C=O) groups is 2. The van der Waals surface area contributed by atoms with Crippen molar-refractivity contribution in [1.29, 1.82) is 0 Å². The summed E-state index contributed by atoms with van der Waals surface area (Å²) < 4.78 is 0. The molecule has 0 aliphatic carbocycles. The number of carbonyl (C=O) groups excluding carboxylic acids is 2. The summed E-state index contributed by atoms with van der Waals surface area (Å²) in [7, 11) is 0. The van der Waals surface area contributed by atoms with Gasteiger partial charge in [-0.2, -0.15) is 0 Å². The normalized spacial score (nSPS) is 17.9. The van der Waals surface area contributed by atoms with E-state index in [1.165, 1.54) is 0 Å². The molecule has 2 rings (SSSR count). The number of rotatable bonds is 2. The van der Waals surface area contributed by atoms with Crippen molar-refractivity contribution in [2.75, 3.05) is 13.1 Å². The van der Waals surface area contributed by atoms with Crippen LogP contribution < -0.4 is 5.32 Å². The molecule has 4 nitrogen and oxygen atoms in total. The van der Waals surface area contributed by atoms with Gasteiger partial charge in [-0.1, -0.05) is 30.3 Å². The first-order valence-electron chi connectivity index (χ1n) is 6.63. The molecule has 1 N–H and O–H groups in total. The summed E-state index contributed by atoms with van der Waals surface area (Å²) in [6, 6.07) is 10.0. The summed E-state index contributed by atoms with van der Waals surface area (Å²) in [6.45, 7) is 4.50. The zero-order chi connectivity index (χ0) is 13.9. The summed E-state index contributed by atoms with van der Waals surface area (Å²) in [5.74, 6) is 0.0737. The lowest BCUT2D eigenvalue weighted by Gasteiger charge is -2.42. The Balaban J connectivity index is 2.23. The molecule has 0 aromatic heterocycles. The molecule has 1 aliphatic rings. The van der Waals surface area contributed by atoms with E-state index in [1.54, 1.807) is 13.8 Å². The monoisotopic (exact) mass is 260 g/mol. The van der Waals surface area contributed by atoms with Crippen LogP contribution in [-0.4, -0.2) is 29.8 Å². The Labute approximate surface area is 113 Å². The number of hydrogen-bond acceptors (Lipinski definition) is 2. The molecule has 19 heavy (non-hydrogen) atoms. The van der Waals surface area contributed by atoms with Gasteiger partial charge in [0.05, 0.1) is 5.54 Å². The Morgan fingerprint density at radius 3 is 2.16 bits per heavy atom. The van der Waals surface area contributed by atoms with Crippen molar-refractivity contribution in [2.45, 2.75) is 32.2 Å². The first-order valence-corrected chi connectivity index (χ1v) is 6.63. The van der Waals surface area contributed by atoms with Gasteiger partial charge in [0.25, 0.3) is 0 Å². The van der Waals surface area contributed by atoms with E-state index in [9.17, 15) is 9.59 Å². The van der Waals surface area contributed by atoms with Crippen LogP contribution in [0.15, 0.2) is 30.3 Å². The first kappa shape index (κ1) is 13.6. The largest absolute Gasteiger partial charge is 0.347 e. The highest BCUT2D eigenvalue weighted by molar-refractivity contribution is 5.75. The van der Waals surface area contributed by atoms with Gasteiger partial charge in [-0.3, -0.25) is 9.59 Å². The molecule has 2 amide bonds. The molecular weight excluding hydrogens is 240 g/mol. The van der Waals surface area contributed by atoms with Crippen molar-refractivity contribution >= 4 is 11.8 Å². The molecule has 0 spiro atoms. The molecule has 0 bridgehead atoms. The second-order valence-corrected chi connectivity index (χ2v) is 5.14. The molecule has 0 saturated carbocycles. The quantitative estimate of drug-likeness (QED) is 0.879. The first-order chi connectivity index (χ1) is 9.03. The molecule has 1 fully saturated rings. The Morgan fingerprint density at radius 2 is 1.68 bits per heavy atom. The minimum atomic E-state index is -0.334. The molecular formula is C15H20N2O2. The van der Waals surface area contributed by atoms with Gasteiger partial charge < -0.3 is 10.2 Å². The van der Waals surface area contributed by atoms with Crippen LogP contribution >= 0.6 is 0 Å². The van der Waals surface area contributed by atoms with Gasteiger partial charge >= 0.3 is 0 Å². The molecule has 1 aliphatic heterocycles. The number of nitrogens with one attached hydrogen (secondary N) is 1. The molecule has 1 saturated heterocycles. The van der Waals surface area contributed by atoms with Gasteiger partial charge in [0.15, 0.2) is 0 Å². The average molecular weight is 260 g/mol. The van der Waals surface area contributed by atoms with Crippen LogP contribution in [0.3, 0.4) is 0 Å². The summed E-state index contributed by atoms with van der Waals surface area (Å²) in [5, 5.41) is 3.09. The van der Waals surface area contributed by atoms with Crippen LogP contribution in [0, 0.1) is 0 Å². The number of piperidine rings is 1. The SMILES string of the molecule is CC(=O)NC1(c2ccccc2)CCN(C(C)=O)CC1. The van der Waals surface area contributed by atoms with Gasteiger partial charge in [-0.05, 0) is 18.4 Å². The molecule has 0 atom stereocenters. The second kappa shape index (κ2) is 5.43. The summed E-state index contributed by atoms with van der Waals surface area (Å²) in [6.07, 6.45) is 1.52. The van der Waals surface area contributed by atoms with E-state index in [2.05, 4.69) is 5.32 Å². The summed E-state index contributed by atoms with van der Waals surface area (Å²) in [4.78, 5) is 24.8. The highest BCUT2D eigenvalue weighted by atomic mass is 16.2. The van der Waals surface area contributed by atoms with Crippen LogP contribution in [0.4, 0.5) is 0 Å². The van der Waals surface area contributed by atoms with Gasteiger partial charge in [-0.25, -0.2) is 0 Å². The van der Waals surface area contributed by atoms with E-state index in [0.717, 1.165) is 18.4 Å². The number of benzene rings is 1. The zero-order valence-corrected chi connectivity index (χ0v) is 11.5. The lowest BCUT2D eigenvalue weighted by molar-refractivity contribution is -0.131. The topological polar surface area (TPSA) is 49.4 Å². The Morgan fingerprint density at radius 1 is 1.11 bits per heavy atom. The summed E-state index contributed by atoms with van der Waals surface area (Å²) >= 11 is 0. The number of nitrogens with zero attached hydrogens (tertiary/aromatic N) is 1. The fourth-order valence-corrected chi connectivity index (χ4v) is 2.78. The van der Waals surface area contributed by atoms with Crippen molar-refractivity contribution in [1.82, 2.24) is 10.2 Å². The van der Waals surface area contributed by atoms with Crippen molar-refractivity contribution in [3.63, 3.8) is 0 Å². The number of hydrogen-bond donors (Lipinski definition) is 1. The molecule has 0 radical (unpaired) electrons. The van der Waals surface area contributed by atoms with E-state index in [1.807, 2.05) is 35.2 Å². The van der Waals surface area contributed by atoms with E-state index < -0.39 is 0 Å². The maximum atomic E-state index is 11.5. The van der Waals surface area contributed by atoms with E-state index in [0.29, 0.717) is 13.1 Å². The van der Waals surface area contributed by atoms with E-state index >= 15 is 0 Å². The smallest absolute Gasteiger partial charge is 0.219 e. The third kappa shape index (κ3) is 2.95. The van der Waals surface area contributed by atoms with E-state index in [4.69, 9.17) is 0 Å². The van der Waals surface area contributed by atoms with Crippen LogP contribution in [0.5, 0.6) is 0 Å². The minimum Gasteiger partial charge on any atom is -0.347 e. The van der Waals surface area contributed by atoms with Crippen LogP contribution in [0.2, 0.25) is 0 Å². The van der Waals surface area contributed by atoms with Crippen LogP contribution in [0.1, 0.15) is 32.3 Å². The lowest BCUT2D eigenvalue weighted by atomic mass is 9.80. The lowest BCUT2D eigenvalue weighted by Crippen LogP contribution is -2.53.